The number of hydrogen-bond donors (Lipinski definition) is 2. The normalized spacial score (nSPS) is 15.7. The number of aryl methyl sites for hydroxylation is 2. The fourth-order valence-electron chi connectivity index (χ4n) is 4.21. The highest BCUT2D eigenvalue weighted by Crippen LogP contribution is 2.44. The summed E-state index contributed by atoms with van der Waals surface area (Å²) in [7, 11) is 0. The van der Waals surface area contributed by atoms with Crippen molar-refractivity contribution in [3.63, 3.8) is 0 Å². The molecule has 0 aliphatic carbocycles. The topological polar surface area (TPSA) is 91.9 Å². The summed E-state index contributed by atoms with van der Waals surface area (Å²) in [6, 6.07) is 19.7. The SMILES string of the molecule is Cc1cc2cc(C3C(C#N)=C(N)Oc4c3ccc3ccccc43)c(=O)[nH]c2cc1C. The van der Waals surface area contributed by atoms with Gasteiger partial charge in [-0.25, -0.2) is 0 Å². The van der Waals surface area contributed by atoms with Crippen molar-refractivity contribution >= 4 is 21.7 Å². The van der Waals surface area contributed by atoms with Gasteiger partial charge in [-0.3, -0.25) is 4.79 Å². The Balaban J connectivity index is 1.83. The Morgan fingerprint density at radius 2 is 1.77 bits per heavy atom. The van der Waals surface area contributed by atoms with Gasteiger partial charge in [-0.05, 0) is 53.9 Å². The Bertz CT molecular complexity index is 1490. The molecule has 1 aliphatic rings. The van der Waals surface area contributed by atoms with Gasteiger partial charge in [0.1, 0.15) is 17.4 Å². The van der Waals surface area contributed by atoms with Crippen LogP contribution in [0.15, 0.2) is 70.8 Å². The van der Waals surface area contributed by atoms with E-state index in [0.29, 0.717) is 11.3 Å². The number of nitriles is 1. The third-order valence-corrected chi connectivity index (χ3v) is 5.91. The Morgan fingerprint density at radius 1 is 1.00 bits per heavy atom. The fraction of sp³-hybridized carbons (Fsp3) is 0.120. The first-order chi connectivity index (χ1) is 14.5. The molecule has 2 heterocycles. The molecule has 0 saturated carbocycles. The Morgan fingerprint density at radius 3 is 2.57 bits per heavy atom. The lowest BCUT2D eigenvalue weighted by molar-refractivity contribution is 0.398. The molecule has 0 saturated heterocycles. The summed E-state index contributed by atoms with van der Waals surface area (Å²) in [4.78, 5) is 16.1. The first kappa shape index (κ1) is 18.0. The Hall–Kier alpha value is -4.04. The summed E-state index contributed by atoms with van der Waals surface area (Å²) in [6.45, 7) is 4.05. The van der Waals surface area contributed by atoms with Crippen LogP contribution in [0.4, 0.5) is 0 Å². The molecular weight excluding hydrogens is 374 g/mol. The zero-order chi connectivity index (χ0) is 21.0. The van der Waals surface area contributed by atoms with Crippen molar-refractivity contribution in [2.75, 3.05) is 0 Å². The van der Waals surface area contributed by atoms with Crippen LogP contribution >= 0.6 is 0 Å². The van der Waals surface area contributed by atoms with Gasteiger partial charge < -0.3 is 15.5 Å². The minimum Gasteiger partial charge on any atom is -0.440 e. The van der Waals surface area contributed by atoms with Crippen LogP contribution in [0.2, 0.25) is 0 Å². The molecule has 3 aromatic carbocycles. The highest BCUT2D eigenvalue weighted by atomic mass is 16.5. The van der Waals surface area contributed by atoms with E-state index in [2.05, 4.69) is 11.1 Å². The van der Waals surface area contributed by atoms with Crippen LogP contribution in [0.25, 0.3) is 21.7 Å². The minimum absolute atomic E-state index is 0.0333. The number of nitrogens with one attached hydrogen (secondary N) is 1. The highest BCUT2D eigenvalue weighted by Gasteiger charge is 2.33. The largest absolute Gasteiger partial charge is 0.440 e. The quantitative estimate of drug-likeness (QED) is 0.497. The zero-order valence-electron chi connectivity index (χ0n) is 16.6. The monoisotopic (exact) mass is 393 g/mol. The van der Waals surface area contributed by atoms with Crippen molar-refractivity contribution < 1.29 is 4.74 Å². The van der Waals surface area contributed by atoms with Crippen molar-refractivity contribution in [1.29, 1.82) is 5.26 Å². The van der Waals surface area contributed by atoms with Crippen LogP contribution in [0.5, 0.6) is 5.75 Å². The molecule has 1 aromatic heterocycles. The van der Waals surface area contributed by atoms with Gasteiger partial charge in [-0.2, -0.15) is 5.26 Å². The molecular formula is C25H19N3O2. The number of hydrogen-bond acceptors (Lipinski definition) is 4. The summed E-state index contributed by atoms with van der Waals surface area (Å²) in [5, 5.41) is 12.6. The third-order valence-electron chi connectivity index (χ3n) is 5.91. The summed E-state index contributed by atoms with van der Waals surface area (Å²) >= 11 is 0. The number of pyridine rings is 1. The lowest BCUT2D eigenvalue weighted by Gasteiger charge is -2.27. The van der Waals surface area contributed by atoms with Gasteiger partial charge in [0.2, 0.25) is 5.88 Å². The van der Waals surface area contributed by atoms with Gasteiger partial charge in [0.15, 0.2) is 0 Å². The maximum absolute atomic E-state index is 13.1. The smallest absolute Gasteiger partial charge is 0.252 e. The standard InChI is InChI=1S/C25H19N3O2/c1-13-9-16-11-19(25(29)28-21(16)10-14(13)2)22-18-8-7-15-5-3-4-6-17(15)23(18)30-24(27)20(22)12-26/h3-11,22H,27H2,1-2H3,(H,28,29). The average Bonchev–Trinajstić information content (AvgIpc) is 2.74. The Kier molecular flexibility index (Phi) is 3.90. The second kappa shape index (κ2) is 6.50. The van der Waals surface area contributed by atoms with E-state index >= 15 is 0 Å². The van der Waals surface area contributed by atoms with Crippen LogP contribution in [-0.4, -0.2) is 4.98 Å². The maximum atomic E-state index is 13.1. The summed E-state index contributed by atoms with van der Waals surface area (Å²) in [5.41, 5.74) is 10.4. The molecule has 1 unspecified atom stereocenters. The van der Waals surface area contributed by atoms with Gasteiger partial charge >= 0.3 is 0 Å². The zero-order valence-corrected chi connectivity index (χ0v) is 16.6. The predicted octanol–water partition coefficient (Wildman–Crippen LogP) is 4.52. The summed E-state index contributed by atoms with van der Waals surface area (Å²) in [5.74, 6) is 0.0261. The van der Waals surface area contributed by atoms with E-state index in [1.165, 1.54) is 0 Å². The molecule has 3 N–H and O–H groups in total. The maximum Gasteiger partial charge on any atom is 0.252 e. The van der Waals surface area contributed by atoms with Crippen molar-refractivity contribution in [2.45, 2.75) is 19.8 Å². The van der Waals surface area contributed by atoms with Crippen LogP contribution in [0.1, 0.15) is 28.2 Å². The predicted molar refractivity (Wildman–Crippen MR) is 117 cm³/mol. The molecule has 0 bridgehead atoms. The van der Waals surface area contributed by atoms with Crippen LogP contribution in [-0.2, 0) is 0 Å². The van der Waals surface area contributed by atoms with Crippen molar-refractivity contribution in [3.05, 3.63) is 98.7 Å². The molecule has 5 heteroatoms. The molecule has 4 aromatic rings. The second-order valence-corrected chi connectivity index (χ2v) is 7.71. The van der Waals surface area contributed by atoms with Gasteiger partial charge in [0.25, 0.3) is 5.56 Å². The average molecular weight is 393 g/mol. The number of nitrogens with two attached hydrogens (primary N) is 1. The molecule has 0 radical (unpaired) electrons. The molecule has 5 rings (SSSR count). The number of nitrogens with zero attached hydrogens (tertiary/aromatic N) is 1. The first-order valence-electron chi connectivity index (χ1n) is 9.71. The Labute approximate surface area is 173 Å². The molecule has 0 fully saturated rings. The molecule has 1 aliphatic heterocycles. The molecule has 1 atom stereocenters. The lowest BCUT2D eigenvalue weighted by Crippen LogP contribution is -2.25. The molecule has 146 valence electrons. The van der Waals surface area contributed by atoms with E-state index in [1.54, 1.807) is 0 Å². The summed E-state index contributed by atoms with van der Waals surface area (Å²) in [6.07, 6.45) is 0. The van der Waals surface area contributed by atoms with Crippen molar-refractivity contribution in [1.82, 2.24) is 4.98 Å². The van der Waals surface area contributed by atoms with Gasteiger partial charge in [0, 0.05) is 22.0 Å². The number of rotatable bonds is 1. The van der Waals surface area contributed by atoms with Crippen LogP contribution in [0.3, 0.4) is 0 Å². The number of ether oxygens (including phenoxy) is 1. The van der Waals surface area contributed by atoms with Crippen molar-refractivity contribution in [2.24, 2.45) is 5.73 Å². The van der Waals surface area contributed by atoms with Crippen molar-refractivity contribution in [3.8, 4) is 11.8 Å². The van der Waals surface area contributed by atoms with Gasteiger partial charge in [-0.1, -0.05) is 36.4 Å². The minimum atomic E-state index is -0.599. The van der Waals surface area contributed by atoms with E-state index < -0.39 is 5.92 Å². The number of aromatic amines is 1. The van der Waals surface area contributed by atoms with Crippen LogP contribution in [0, 0.1) is 25.2 Å². The van der Waals surface area contributed by atoms with Gasteiger partial charge in [0.05, 0.1) is 5.92 Å². The van der Waals surface area contributed by atoms with E-state index in [0.717, 1.165) is 38.4 Å². The number of aromatic nitrogens is 1. The van der Waals surface area contributed by atoms with E-state index in [-0.39, 0.29) is 17.0 Å². The molecule has 5 nitrogen and oxygen atoms in total. The van der Waals surface area contributed by atoms with E-state index in [9.17, 15) is 10.1 Å². The molecule has 0 spiro atoms. The van der Waals surface area contributed by atoms with E-state index in [1.807, 2.05) is 68.4 Å². The number of benzene rings is 3. The number of H-pyrrole nitrogens is 1. The van der Waals surface area contributed by atoms with E-state index in [4.69, 9.17) is 10.5 Å². The van der Waals surface area contributed by atoms with Crippen LogP contribution < -0.4 is 16.0 Å². The third kappa shape index (κ3) is 2.58. The number of allylic oxidation sites excluding steroid dienone is 1. The summed E-state index contributed by atoms with van der Waals surface area (Å²) < 4.78 is 5.89. The second-order valence-electron chi connectivity index (χ2n) is 7.71. The highest BCUT2D eigenvalue weighted by molar-refractivity contribution is 5.91. The lowest BCUT2D eigenvalue weighted by atomic mass is 9.82. The van der Waals surface area contributed by atoms with Gasteiger partial charge in [-0.15, -0.1) is 0 Å². The fourth-order valence-corrected chi connectivity index (χ4v) is 4.21. The first-order valence-corrected chi connectivity index (χ1v) is 9.71. The molecule has 30 heavy (non-hydrogen) atoms. The number of fused-ring (bicyclic) bond motifs is 4. The molecule has 0 amide bonds.